The fourth-order valence-electron chi connectivity index (χ4n) is 2.45. The summed E-state index contributed by atoms with van der Waals surface area (Å²) >= 11 is 0. The SMILES string of the molecule is C=P(C)(C)N1CCN(C(=O)CCCCCNCN)CC1. The average molecular weight is 302 g/mol. The van der Waals surface area contributed by atoms with Crippen molar-refractivity contribution in [3.63, 3.8) is 0 Å². The van der Waals surface area contributed by atoms with E-state index in [4.69, 9.17) is 5.73 Å². The van der Waals surface area contributed by atoms with Crippen LogP contribution < -0.4 is 11.1 Å². The van der Waals surface area contributed by atoms with Crippen LogP contribution in [0.15, 0.2) is 0 Å². The van der Waals surface area contributed by atoms with Crippen molar-refractivity contribution in [3.05, 3.63) is 0 Å². The molecule has 0 aromatic carbocycles. The molecule has 1 aliphatic heterocycles. The first-order chi connectivity index (χ1) is 9.45. The van der Waals surface area contributed by atoms with Gasteiger partial charge in [-0.25, -0.2) is 0 Å². The van der Waals surface area contributed by atoms with Crippen LogP contribution >= 0.6 is 7.04 Å². The van der Waals surface area contributed by atoms with E-state index in [2.05, 4.69) is 29.6 Å². The molecule has 0 spiro atoms. The van der Waals surface area contributed by atoms with Gasteiger partial charge in [0.2, 0.25) is 5.91 Å². The highest BCUT2D eigenvalue weighted by Gasteiger charge is 2.23. The molecule has 1 heterocycles. The lowest BCUT2D eigenvalue weighted by molar-refractivity contribution is -0.132. The minimum absolute atomic E-state index is 0.316. The Bertz CT molecular complexity index is 334. The van der Waals surface area contributed by atoms with Crippen LogP contribution in [0.4, 0.5) is 0 Å². The van der Waals surface area contributed by atoms with Crippen LogP contribution in [0.5, 0.6) is 0 Å². The van der Waals surface area contributed by atoms with Crippen LogP contribution in [0, 0.1) is 0 Å². The number of piperazine rings is 1. The largest absolute Gasteiger partial charge is 0.340 e. The second-order valence-electron chi connectivity index (χ2n) is 5.97. The molecule has 1 saturated heterocycles. The van der Waals surface area contributed by atoms with E-state index in [0.717, 1.165) is 52.0 Å². The molecular weight excluding hydrogens is 271 g/mol. The van der Waals surface area contributed by atoms with Crippen LogP contribution in [-0.4, -0.2) is 74.5 Å². The third-order valence-electron chi connectivity index (χ3n) is 3.76. The summed E-state index contributed by atoms with van der Waals surface area (Å²) in [6, 6.07) is 0. The smallest absolute Gasteiger partial charge is 0.222 e. The van der Waals surface area contributed by atoms with E-state index in [1.807, 2.05) is 4.90 Å². The Kier molecular flexibility index (Phi) is 7.82. The third kappa shape index (κ3) is 6.40. The summed E-state index contributed by atoms with van der Waals surface area (Å²) in [7, 11) is -1.16. The zero-order valence-electron chi connectivity index (χ0n) is 13.1. The van der Waals surface area contributed by atoms with Gasteiger partial charge in [-0.05, 0) is 32.7 Å². The molecule has 118 valence electrons. The number of carbonyl (C=O) groups is 1. The standard InChI is InChI=1S/C14H31N4OP/c1-20(2,3)18-11-9-17(10-12-18)14(19)7-5-4-6-8-16-13-15/h16H,1,4-13,15H2,2-3H3. The van der Waals surface area contributed by atoms with Gasteiger partial charge in [-0.1, -0.05) is 19.8 Å². The van der Waals surface area contributed by atoms with E-state index in [-0.39, 0.29) is 0 Å². The predicted octanol–water partition coefficient (Wildman–Crippen LogP) is 0.821. The number of hydrogen-bond donors (Lipinski definition) is 2. The van der Waals surface area contributed by atoms with Crippen LogP contribution in [-0.2, 0) is 4.79 Å². The molecule has 0 bridgehead atoms. The van der Waals surface area contributed by atoms with Gasteiger partial charge in [0.15, 0.2) is 0 Å². The van der Waals surface area contributed by atoms with Crippen molar-refractivity contribution >= 4 is 19.2 Å². The lowest BCUT2D eigenvalue weighted by atomic mass is 10.1. The van der Waals surface area contributed by atoms with Crippen LogP contribution in [0.1, 0.15) is 25.7 Å². The third-order valence-corrected chi connectivity index (χ3v) is 5.69. The molecule has 0 saturated carbocycles. The number of carbonyl (C=O) groups excluding carboxylic acids is 1. The maximum atomic E-state index is 12.1. The van der Waals surface area contributed by atoms with Gasteiger partial charge in [-0.15, -0.1) is 0 Å². The molecule has 0 unspecified atom stereocenters. The lowest BCUT2D eigenvalue weighted by Gasteiger charge is -2.39. The van der Waals surface area contributed by atoms with Crippen LogP contribution in [0.25, 0.3) is 0 Å². The quantitative estimate of drug-likeness (QED) is 0.396. The van der Waals surface area contributed by atoms with Crippen molar-refractivity contribution in [2.45, 2.75) is 25.7 Å². The summed E-state index contributed by atoms with van der Waals surface area (Å²) in [5, 5.41) is 3.09. The minimum Gasteiger partial charge on any atom is -0.340 e. The summed E-state index contributed by atoms with van der Waals surface area (Å²) in [4.78, 5) is 14.1. The molecule has 0 aliphatic carbocycles. The van der Waals surface area contributed by atoms with Gasteiger partial charge < -0.3 is 16.0 Å². The van der Waals surface area contributed by atoms with Gasteiger partial charge in [0.1, 0.15) is 0 Å². The maximum absolute atomic E-state index is 12.1. The topological polar surface area (TPSA) is 61.6 Å². The van der Waals surface area contributed by atoms with Gasteiger partial charge in [0, 0.05) is 39.3 Å². The Balaban J connectivity index is 2.15. The Morgan fingerprint density at radius 1 is 1.20 bits per heavy atom. The second kappa shape index (κ2) is 8.83. The van der Waals surface area contributed by atoms with Gasteiger partial charge in [0.05, 0.1) is 0 Å². The van der Waals surface area contributed by atoms with Gasteiger partial charge in [0.25, 0.3) is 0 Å². The molecule has 0 aromatic rings. The van der Waals surface area contributed by atoms with Crippen molar-refractivity contribution in [2.75, 3.05) is 52.7 Å². The minimum atomic E-state index is -1.16. The number of nitrogens with one attached hydrogen (secondary N) is 1. The summed E-state index contributed by atoms with van der Waals surface area (Å²) in [6.45, 7) is 9.66. The molecule has 1 aliphatic rings. The van der Waals surface area contributed by atoms with E-state index < -0.39 is 7.04 Å². The number of unbranched alkanes of at least 4 members (excludes halogenated alkanes) is 2. The summed E-state index contributed by atoms with van der Waals surface area (Å²) in [5.41, 5.74) is 5.35. The Hall–Kier alpha value is -0.350. The highest BCUT2D eigenvalue weighted by molar-refractivity contribution is 7.70. The van der Waals surface area contributed by atoms with Gasteiger partial charge >= 0.3 is 0 Å². The van der Waals surface area contributed by atoms with E-state index in [9.17, 15) is 4.79 Å². The maximum Gasteiger partial charge on any atom is 0.222 e. The molecule has 5 nitrogen and oxygen atoms in total. The number of nitrogens with zero attached hydrogens (tertiary/aromatic N) is 2. The molecule has 3 N–H and O–H groups in total. The normalized spacial score (nSPS) is 17.4. The Labute approximate surface area is 123 Å². The van der Waals surface area contributed by atoms with Crippen molar-refractivity contribution in [1.82, 2.24) is 14.9 Å². The molecule has 0 aromatic heterocycles. The van der Waals surface area contributed by atoms with Crippen molar-refractivity contribution in [1.29, 1.82) is 0 Å². The van der Waals surface area contributed by atoms with Crippen LogP contribution in [0.2, 0.25) is 0 Å². The van der Waals surface area contributed by atoms with E-state index >= 15 is 0 Å². The zero-order chi connectivity index (χ0) is 15.0. The highest BCUT2D eigenvalue weighted by Crippen LogP contribution is 2.40. The zero-order valence-corrected chi connectivity index (χ0v) is 14.0. The Morgan fingerprint density at radius 2 is 1.85 bits per heavy atom. The number of nitrogens with two attached hydrogens (primary N) is 1. The van der Waals surface area contributed by atoms with E-state index in [1.54, 1.807) is 0 Å². The Morgan fingerprint density at radius 3 is 2.40 bits per heavy atom. The molecule has 0 radical (unpaired) electrons. The molecule has 6 heteroatoms. The van der Waals surface area contributed by atoms with Crippen molar-refractivity contribution < 1.29 is 4.79 Å². The molecule has 0 atom stereocenters. The average Bonchev–Trinajstić information content (AvgIpc) is 2.41. The molecular formula is C14H31N4OP. The van der Waals surface area contributed by atoms with Gasteiger partial charge in [-0.2, -0.15) is 0 Å². The monoisotopic (exact) mass is 302 g/mol. The predicted molar refractivity (Wildman–Crippen MR) is 89.6 cm³/mol. The highest BCUT2D eigenvalue weighted by atomic mass is 31.2. The van der Waals surface area contributed by atoms with Crippen LogP contribution in [0.3, 0.4) is 0 Å². The first-order valence-corrected chi connectivity index (χ1v) is 10.4. The summed E-state index contributed by atoms with van der Waals surface area (Å²) in [6.07, 6.45) is 8.13. The molecule has 1 rings (SSSR count). The summed E-state index contributed by atoms with van der Waals surface area (Å²) in [5.74, 6) is 0.316. The number of amides is 1. The molecule has 1 amide bonds. The fourth-order valence-corrected chi connectivity index (χ4v) is 3.71. The van der Waals surface area contributed by atoms with E-state index in [0.29, 0.717) is 19.0 Å². The lowest BCUT2D eigenvalue weighted by Crippen LogP contribution is -2.47. The summed E-state index contributed by atoms with van der Waals surface area (Å²) < 4.78 is 2.45. The van der Waals surface area contributed by atoms with Crippen molar-refractivity contribution in [3.8, 4) is 0 Å². The first-order valence-electron chi connectivity index (χ1n) is 7.57. The molecule has 1 fully saturated rings. The fraction of sp³-hybridized carbons (Fsp3) is 0.857. The first kappa shape index (κ1) is 17.7. The number of hydrogen-bond acceptors (Lipinski definition) is 4. The molecule has 20 heavy (non-hydrogen) atoms. The van der Waals surface area contributed by atoms with E-state index in [1.165, 1.54) is 0 Å². The van der Waals surface area contributed by atoms with Gasteiger partial charge in [-0.3, -0.25) is 9.46 Å². The number of rotatable bonds is 8. The second-order valence-corrected chi connectivity index (χ2v) is 9.78. The van der Waals surface area contributed by atoms with Crippen molar-refractivity contribution in [2.24, 2.45) is 5.73 Å².